The van der Waals surface area contributed by atoms with Crippen molar-refractivity contribution in [2.45, 2.75) is 32.4 Å². The Morgan fingerprint density at radius 2 is 1.88 bits per heavy atom. The van der Waals surface area contributed by atoms with E-state index in [-0.39, 0.29) is 22.5 Å². The number of aliphatic hydroxyl groups is 1. The van der Waals surface area contributed by atoms with Gasteiger partial charge in [0.1, 0.15) is 29.3 Å². The van der Waals surface area contributed by atoms with Crippen molar-refractivity contribution in [2.24, 2.45) is 0 Å². The predicted octanol–water partition coefficient (Wildman–Crippen LogP) is 3.30. The van der Waals surface area contributed by atoms with E-state index in [0.29, 0.717) is 17.1 Å². The van der Waals surface area contributed by atoms with Gasteiger partial charge in [-0.3, -0.25) is 14.8 Å². The highest BCUT2D eigenvalue weighted by Crippen LogP contribution is 2.27. The Bertz CT molecular complexity index is 1340. The molecule has 0 saturated heterocycles. The molecular weight excluding hydrogens is 439 g/mol. The molecule has 1 unspecified atom stereocenters. The van der Waals surface area contributed by atoms with E-state index in [1.165, 1.54) is 43.0 Å². The van der Waals surface area contributed by atoms with Gasteiger partial charge in [0.25, 0.3) is 5.56 Å². The van der Waals surface area contributed by atoms with Crippen LogP contribution in [0.1, 0.15) is 38.4 Å². The first-order valence-corrected chi connectivity index (χ1v) is 10.4. The normalized spacial score (nSPS) is 12.3. The second kappa shape index (κ2) is 9.32. The van der Waals surface area contributed by atoms with Crippen LogP contribution in [0.3, 0.4) is 0 Å². The van der Waals surface area contributed by atoms with Crippen LogP contribution < -0.4 is 16.2 Å². The lowest BCUT2D eigenvalue weighted by Gasteiger charge is -2.19. The zero-order chi connectivity index (χ0) is 24.3. The van der Waals surface area contributed by atoms with Crippen molar-refractivity contribution < 1.29 is 9.50 Å². The summed E-state index contributed by atoms with van der Waals surface area (Å²) in [6.07, 6.45) is 4.64. The van der Waals surface area contributed by atoms with E-state index in [4.69, 9.17) is 0 Å². The van der Waals surface area contributed by atoms with E-state index >= 15 is 0 Å². The van der Waals surface area contributed by atoms with E-state index in [2.05, 4.69) is 40.8 Å². The summed E-state index contributed by atoms with van der Waals surface area (Å²) in [5, 5.41) is 22.6. The maximum atomic E-state index is 14.5. The van der Waals surface area contributed by atoms with Crippen molar-refractivity contribution >= 4 is 17.2 Å². The number of anilines is 3. The van der Waals surface area contributed by atoms with Crippen LogP contribution >= 0.6 is 0 Å². The SMILES string of the molecule is CC(C)(C)c1cnc(C(O)Nc2cc(-c3cc(Nc4ccncn4)c(=O)[nH]n3)ccc2F)cn1. The van der Waals surface area contributed by atoms with Gasteiger partial charge in [-0.1, -0.05) is 20.8 Å². The first-order chi connectivity index (χ1) is 16.2. The summed E-state index contributed by atoms with van der Waals surface area (Å²) in [4.78, 5) is 28.6. The van der Waals surface area contributed by atoms with Gasteiger partial charge in [-0.15, -0.1) is 0 Å². The Hall–Kier alpha value is -4.25. The summed E-state index contributed by atoms with van der Waals surface area (Å²) in [5.74, 6) is -0.147. The van der Waals surface area contributed by atoms with Crippen molar-refractivity contribution in [3.63, 3.8) is 0 Å². The van der Waals surface area contributed by atoms with Crippen LogP contribution in [-0.2, 0) is 5.41 Å². The molecule has 34 heavy (non-hydrogen) atoms. The number of hydrogen-bond donors (Lipinski definition) is 4. The molecule has 4 N–H and O–H groups in total. The lowest BCUT2D eigenvalue weighted by molar-refractivity contribution is 0.202. The van der Waals surface area contributed by atoms with Gasteiger partial charge >= 0.3 is 0 Å². The molecule has 0 aliphatic carbocycles. The van der Waals surface area contributed by atoms with Crippen LogP contribution in [0.25, 0.3) is 11.3 Å². The van der Waals surface area contributed by atoms with Crippen molar-refractivity contribution in [2.75, 3.05) is 10.6 Å². The monoisotopic (exact) mass is 462 g/mol. The lowest BCUT2D eigenvalue weighted by atomic mass is 9.93. The third-order valence-electron chi connectivity index (χ3n) is 4.92. The van der Waals surface area contributed by atoms with Gasteiger partial charge in [-0.05, 0) is 30.3 Å². The van der Waals surface area contributed by atoms with E-state index in [1.807, 2.05) is 20.8 Å². The number of benzene rings is 1. The molecule has 10 nitrogen and oxygen atoms in total. The fraction of sp³-hybridized carbons (Fsp3) is 0.217. The molecule has 4 aromatic rings. The van der Waals surface area contributed by atoms with Gasteiger partial charge < -0.3 is 15.7 Å². The molecule has 0 fully saturated rings. The topological polar surface area (TPSA) is 142 Å². The molecule has 3 heterocycles. The minimum Gasteiger partial charge on any atom is -0.368 e. The van der Waals surface area contributed by atoms with Crippen molar-refractivity contribution in [1.82, 2.24) is 30.1 Å². The average molecular weight is 462 g/mol. The van der Waals surface area contributed by atoms with Crippen LogP contribution in [0.15, 0.2) is 60.0 Å². The number of aromatic nitrogens is 6. The van der Waals surface area contributed by atoms with Gasteiger partial charge in [0, 0.05) is 23.4 Å². The molecule has 174 valence electrons. The summed E-state index contributed by atoms with van der Waals surface area (Å²) in [6.45, 7) is 6.02. The minimum absolute atomic E-state index is 0.0324. The molecule has 0 radical (unpaired) electrons. The first kappa shape index (κ1) is 22.9. The Labute approximate surface area is 194 Å². The average Bonchev–Trinajstić information content (AvgIpc) is 2.82. The summed E-state index contributed by atoms with van der Waals surface area (Å²) in [7, 11) is 0. The second-order valence-corrected chi connectivity index (χ2v) is 8.53. The Morgan fingerprint density at radius 1 is 1.06 bits per heavy atom. The van der Waals surface area contributed by atoms with Gasteiger partial charge in [-0.25, -0.2) is 19.5 Å². The largest absolute Gasteiger partial charge is 0.368 e. The second-order valence-electron chi connectivity index (χ2n) is 8.53. The van der Waals surface area contributed by atoms with Gasteiger partial charge in [-0.2, -0.15) is 5.10 Å². The van der Waals surface area contributed by atoms with Crippen molar-refractivity contribution in [3.05, 3.63) is 82.8 Å². The van der Waals surface area contributed by atoms with Crippen LogP contribution in [0.5, 0.6) is 0 Å². The quantitative estimate of drug-likeness (QED) is 0.318. The number of nitrogens with zero attached hydrogens (tertiary/aromatic N) is 5. The van der Waals surface area contributed by atoms with Crippen LogP contribution in [0.4, 0.5) is 21.6 Å². The number of aromatic amines is 1. The van der Waals surface area contributed by atoms with Gasteiger partial charge in [0.15, 0.2) is 6.23 Å². The van der Waals surface area contributed by atoms with E-state index in [1.54, 1.807) is 12.3 Å². The van der Waals surface area contributed by atoms with Crippen molar-refractivity contribution in [1.29, 1.82) is 0 Å². The molecule has 1 aromatic carbocycles. The highest BCUT2D eigenvalue weighted by Gasteiger charge is 2.18. The zero-order valence-corrected chi connectivity index (χ0v) is 18.7. The molecule has 0 amide bonds. The number of rotatable bonds is 6. The van der Waals surface area contributed by atoms with Crippen LogP contribution in [0.2, 0.25) is 0 Å². The molecule has 1 atom stereocenters. The zero-order valence-electron chi connectivity index (χ0n) is 18.7. The number of aliphatic hydroxyl groups excluding tert-OH is 1. The molecule has 0 aliphatic rings. The number of hydrogen-bond acceptors (Lipinski definition) is 9. The fourth-order valence-electron chi connectivity index (χ4n) is 3.03. The number of H-pyrrole nitrogens is 1. The molecule has 4 rings (SSSR count). The first-order valence-electron chi connectivity index (χ1n) is 10.4. The van der Waals surface area contributed by atoms with E-state index in [0.717, 1.165) is 5.69 Å². The van der Waals surface area contributed by atoms with Crippen LogP contribution in [-0.4, -0.2) is 35.2 Å². The lowest BCUT2D eigenvalue weighted by Crippen LogP contribution is -2.17. The Kier molecular flexibility index (Phi) is 6.28. The van der Waals surface area contributed by atoms with E-state index in [9.17, 15) is 14.3 Å². The molecule has 0 spiro atoms. The van der Waals surface area contributed by atoms with Gasteiger partial charge in [0.2, 0.25) is 0 Å². The smallest absolute Gasteiger partial charge is 0.287 e. The van der Waals surface area contributed by atoms with Gasteiger partial charge in [0.05, 0.1) is 23.3 Å². The number of nitrogens with one attached hydrogen (secondary N) is 3. The van der Waals surface area contributed by atoms with E-state index < -0.39 is 17.6 Å². The molecule has 0 saturated carbocycles. The van der Waals surface area contributed by atoms with Crippen LogP contribution in [0, 0.1) is 5.82 Å². The number of halogens is 1. The summed E-state index contributed by atoms with van der Waals surface area (Å²) in [5.41, 5.74) is 1.51. The highest BCUT2D eigenvalue weighted by molar-refractivity contribution is 5.69. The maximum Gasteiger partial charge on any atom is 0.287 e. The Balaban J connectivity index is 1.57. The predicted molar refractivity (Wildman–Crippen MR) is 125 cm³/mol. The molecular formula is C23H23FN8O2. The molecule has 3 aromatic heterocycles. The summed E-state index contributed by atoms with van der Waals surface area (Å²) >= 11 is 0. The standard InChI is InChI=1S/C23H23FN8O2/c1-23(2,3)19-11-26-18(10-27-19)21(33)30-16-8-13(4-5-14(16)24)15-9-17(22(34)32-31-15)29-20-6-7-25-12-28-20/h4-12,21,30,33H,1-3H3,(H,32,34)(H,25,28,29,31). The highest BCUT2D eigenvalue weighted by atomic mass is 19.1. The summed E-state index contributed by atoms with van der Waals surface area (Å²) < 4.78 is 14.5. The molecule has 11 heteroatoms. The Morgan fingerprint density at radius 3 is 2.56 bits per heavy atom. The maximum absolute atomic E-state index is 14.5. The third kappa shape index (κ3) is 5.21. The molecule has 0 bridgehead atoms. The third-order valence-corrected chi connectivity index (χ3v) is 4.92. The van der Waals surface area contributed by atoms with Crippen molar-refractivity contribution in [3.8, 4) is 11.3 Å². The summed E-state index contributed by atoms with van der Waals surface area (Å²) in [6, 6.07) is 7.36. The fourth-order valence-corrected chi connectivity index (χ4v) is 3.03. The molecule has 0 aliphatic heterocycles. The minimum atomic E-state index is -1.29.